The van der Waals surface area contributed by atoms with Crippen molar-refractivity contribution in [2.45, 2.75) is 66.7 Å². The minimum atomic E-state index is 0.247. The molecule has 32 heavy (non-hydrogen) atoms. The number of hydrogen-bond donors (Lipinski definition) is 1. The molecule has 170 valence electrons. The van der Waals surface area contributed by atoms with Crippen LogP contribution in [0.4, 0.5) is 0 Å². The molecule has 2 nitrogen and oxygen atoms in total. The van der Waals surface area contributed by atoms with Gasteiger partial charge in [0, 0.05) is 17.8 Å². The van der Waals surface area contributed by atoms with E-state index in [1.165, 1.54) is 40.2 Å². The lowest BCUT2D eigenvalue weighted by atomic mass is 9.72. The van der Waals surface area contributed by atoms with E-state index in [1.54, 1.807) is 0 Å². The highest BCUT2D eigenvalue weighted by Crippen LogP contribution is 2.41. The Hall–Kier alpha value is -2.74. The van der Waals surface area contributed by atoms with Crippen LogP contribution >= 0.6 is 0 Å². The van der Waals surface area contributed by atoms with Crippen molar-refractivity contribution in [1.29, 1.82) is 0 Å². The maximum Gasteiger partial charge on any atom is 0.0854 e. The summed E-state index contributed by atoms with van der Waals surface area (Å²) in [5, 5.41) is 9.51. The van der Waals surface area contributed by atoms with Gasteiger partial charge < -0.3 is 9.67 Å². The van der Waals surface area contributed by atoms with Crippen LogP contribution in [0.3, 0.4) is 0 Å². The van der Waals surface area contributed by atoms with Gasteiger partial charge in [-0.15, -0.1) is 0 Å². The Balaban J connectivity index is 0.00000141. The maximum atomic E-state index is 9.51. The van der Waals surface area contributed by atoms with Gasteiger partial charge in [-0.2, -0.15) is 0 Å². The predicted molar refractivity (Wildman–Crippen MR) is 138 cm³/mol. The molecule has 4 rings (SSSR count). The Labute approximate surface area is 194 Å². The SMILES string of the molecule is C=C(O)CCc1cccc(-n2c(-c3ccccc3)cc3c2CCC(C(C)(C)C)C3)c1.CC. The summed E-state index contributed by atoms with van der Waals surface area (Å²) < 4.78 is 2.47. The number of aliphatic hydroxyl groups excluding tert-OH is 1. The lowest BCUT2D eigenvalue weighted by Gasteiger charge is -2.34. The molecule has 0 spiro atoms. The van der Waals surface area contributed by atoms with E-state index in [1.807, 2.05) is 13.8 Å². The van der Waals surface area contributed by atoms with E-state index in [0.717, 1.165) is 19.3 Å². The molecule has 2 heteroatoms. The topological polar surface area (TPSA) is 25.2 Å². The van der Waals surface area contributed by atoms with Crippen LogP contribution in [0.2, 0.25) is 0 Å². The second-order valence-electron chi connectivity index (χ2n) is 9.74. The van der Waals surface area contributed by atoms with E-state index in [2.05, 4.69) is 92.6 Å². The van der Waals surface area contributed by atoms with Gasteiger partial charge in [0.05, 0.1) is 11.5 Å². The van der Waals surface area contributed by atoms with E-state index in [-0.39, 0.29) is 5.76 Å². The number of allylic oxidation sites excluding steroid dienone is 1. The number of nitrogens with zero attached hydrogens (tertiary/aromatic N) is 1. The van der Waals surface area contributed by atoms with Gasteiger partial charge in [0.1, 0.15) is 0 Å². The molecular weight excluding hydrogens is 390 g/mol. The van der Waals surface area contributed by atoms with Crippen molar-refractivity contribution in [3.05, 3.63) is 89.8 Å². The van der Waals surface area contributed by atoms with Gasteiger partial charge in [-0.3, -0.25) is 0 Å². The predicted octanol–water partition coefficient (Wildman–Crippen LogP) is 8.33. The Morgan fingerprint density at radius 1 is 1.03 bits per heavy atom. The second kappa shape index (κ2) is 10.3. The zero-order valence-electron chi connectivity index (χ0n) is 20.5. The van der Waals surface area contributed by atoms with Crippen molar-refractivity contribution >= 4 is 0 Å². The van der Waals surface area contributed by atoms with Gasteiger partial charge in [0.25, 0.3) is 0 Å². The molecule has 0 saturated carbocycles. The smallest absolute Gasteiger partial charge is 0.0854 e. The van der Waals surface area contributed by atoms with Crippen LogP contribution in [0.5, 0.6) is 0 Å². The van der Waals surface area contributed by atoms with Gasteiger partial charge in [0.15, 0.2) is 0 Å². The fourth-order valence-electron chi connectivity index (χ4n) is 4.72. The highest BCUT2D eigenvalue weighted by Gasteiger charge is 2.31. The Morgan fingerprint density at radius 2 is 1.75 bits per heavy atom. The third kappa shape index (κ3) is 5.35. The molecule has 2 aromatic carbocycles. The number of hydrogen-bond acceptors (Lipinski definition) is 1. The molecule has 0 amide bonds. The summed E-state index contributed by atoms with van der Waals surface area (Å²) >= 11 is 0. The molecule has 0 aliphatic heterocycles. The lowest BCUT2D eigenvalue weighted by molar-refractivity contribution is 0.215. The van der Waals surface area contributed by atoms with Crippen LogP contribution in [0.15, 0.2) is 73.0 Å². The number of aliphatic hydroxyl groups is 1. The summed E-state index contributed by atoms with van der Waals surface area (Å²) in [7, 11) is 0. The van der Waals surface area contributed by atoms with Gasteiger partial charge in [-0.25, -0.2) is 0 Å². The van der Waals surface area contributed by atoms with Gasteiger partial charge in [-0.1, -0.05) is 83.7 Å². The first-order valence-electron chi connectivity index (χ1n) is 12.1. The van der Waals surface area contributed by atoms with Crippen molar-refractivity contribution < 1.29 is 5.11 Å². The van der Waals surface area contributed by atoms with E-state index < -0.39 is 0 Å². The lowest BCUT2D eigenvalue weighted by Crippen LogP contribution is -2.27. The van der Waals surface area contributed by atoms with Crippen LogP contribution in [0, 0.1) is 11.3 Å². The summed E-state index contributed by atoms with van der Waals surface area (Å²) in [4.78, 5) is 0. The highest BCUT2D eigenvalue weighted by atomic mass is 16.3. The molecule has 1 N–H and O–H groups in total. The first kappa shape index (κ1) is 23.9. The van der Waals surface area contributed by atoms with Crippen LogP contribution in [-0.2, 0) is 19.3 Å². The molecular formula is C30H39NO. The number of fused-ring (bicyclic) bond motifs is 1. The first-order chi connectivity index (χ1) is 15.3. The molecule has 0 bridgehead atoms. The molecule has 1 aromatic heterocycles. The quantitative estimate of drug-likeness (QED) is 0.405. The van der Waals surface area contributed by atoms with Crippen molar-refractivity contribution in [3.63, 3.8) is 0 Å². The molecule has 3 aromatic rings. The standard InChI is InChI=1S/C28H33NO.C2H6/c1-20(30)13-14-21-9-8-12-25(17-21)29-26-16-15-24(28(2,3)4)18-23(26)19-27(29)22-10-6-5-7-11-22;1-2/h5-12,17,19,24,30H,1,13-16,18H2,2-4H3;1-2H3. The average molecular weight is 430 g/mol. The molecule has 1 atom stereocenters. The van der Waals surface area contributed by atoms with Crippen molar-refractivity contribution in [2.24, 2.45) is 11.3 Å². The monoisotopic (exact) mass is 429 g/mol. The van der Waals surface area contributed by atoms with Crippen molar-refractivity contribution in [3.8, 4) is 16.9 Å². The number of aryl methyl sites for hydroxylation is 1. The molecule has 1 aliphatic carbocycles. The van der Waals surface area contributed by atoms with E-state index >= 15 is 0 Å². The Morgan fingerprint density at radius 3 is 2.41 bits per heavy atom. The van der Waals surface area contributed by atoms with Crippen molar-refractivity contribution in [1.82, 2.24) is 4.57 Å². The molecule has 0 radical (unpaired) electrons. The fraction of sp³-hybridized carbons (Fsp3) is 0.400. The van der Waals surface area contributed by atoms with Gasteiger partial charge in [-0.05, 0) is 71.9 Å². The second-order valence-corrected chi connectivity index (χ2v) is 9.74. The summed E-state index contributed by atoms with van der Waals surface area (Å²) in [5.74, 6) is 0.961. The van der Waals surface area contributed by atoms with E-state index in [9.17, 15) is 5.11 Å². The number of rotatable bonds is 5. The summed E-state index contributed by atoms with van der Waals surface area (Å²) in [6.07, 6.45) is 4.90. The molecule has 1 unspecified atom stereocenters. The minimum Gasteiger partial charge on any atom is -0.513 e. The van der Waals surface area contributed by atoms with Crippen LogP contribution in [-0.4, -0.2) is 9.67 Å². The van der Waals surface area contributed by atoms with Crippen LogP contribution < -0.4 is 0 Å². The maximum absolute atomic E-state index is 9.51. The molecule has 1 heterocycles. The van der Waals surface area contributed by atoms with Gasteiger partial charge in [0.2, 0.25) is 0 Å². The summed E-state index contributed by atoms with van der Waals surface area (Å²) in [6, 6.07) is 21.9. The van der Waals surface area contributed by atoms with Crippen molar-refractivity contribution in [2.75, 3.05) is 0 Å². The normalized spacial score (nSPS) is 15.5. The number of aromatic nitrogens is 1. The third-order valence-corrected chi connectivity index (χ3v) is 6.55. The van der Waals surface area contributed by atoms with Gasteiger partial charge >= 0.3 is 0 Å². The Kier molecular flexibility index (Phi) is 7.66. The van der Waals surface area contributed by atoms with Crippen LogP contribution in [0.1, 0.15) is 64.3 Å². The average Bonchev–Trinajstić information content (AvgIpc) is 3.18. The van der Waals surface area contributed by atoms with E-state index in [4.69, 9.17) is 0 Å². The molecule has 0 saturated heterocycles. The fourth-order valence-corrected chi connectivity index (χ4v) is 4.72. The minimum absolute atomic E-state index is 0.247. The summed E-state index contributed by atoms with van der Waals surface area (Å²) in [5.41, 5.74) is 8.26. The Bertz CT molecular complexity index is 1040. The first-order valence-corrected chi connectivity index (χ1v) is 12.1. The van der Waals surface area contributed by atoms with E-state index in [0.29, 0.717) is 17.8 Å². The zero-order valence-corrected chi connectivity index (χ0v) is 20.5. The zero-order chi connectivity index (χ0) is 23.3. The van der Waals surface area contributed by atoms with Crippen LogP contribution in [0.25, 0.3) is 16.9 Å². The number of benzene rings is 2. The summed E-state index contributed by atoms with van der Waals surface area (Å²) in [6.45, 7) is 14.7. The third-order valence-electron chi connectivity index (χ3n) is 6.55. The molecule has 1 aliphatic rings. The largest absolute Gasteiger partial charge is 0.513 e. The highest BCUT2D eigenvalue weighted by molar-refractivity contribution is 5.66. The molecule has 0 fully saturated rings.